The summed E-state index contributed by atoms with van der Waals surface area (Å²) in [4.78, 5) is 14.6. The van der Waals surface area contributed by atoms with Crippen LogP contribution in [0.1, 0.15) is 45.4 Å². The third-order valence-electron chi connectivity index (χ3n) is 4.81. The maximum Gasteiger partial charge on any atom is 0.315 e. The Morgan fingerprint density at radius 2 is 2.00 bits per heavy atom. The van der Waals surface area contributed by atoms with Crippen LogP contribution < -0.4 is 10.6 Å². The number of amides is 2. The van der Waals surface area contributed by atoms with E-state index in [1.54, 1.807) is 0 Å². The van der Waals surface area contributed by atoms with Crippen molar-refractivity contribution in [3.8, 4) is 0 Å². The molecular formula is C15H29N3OS. The van der Waals surface area contributed by atoms with Gasteiger partial charge in [0, 0.05) is 24.2 Å². The molecule has 4 nitrogen and oxygen atoms in total. The van der Waals surface area contributed by atoms with Crippen LogP contribution in [0, 0.1) is 0 Å². The fourth-order valence-electron chi connectivity index (χ4n) is 3.55. The lowest BCUT2D eigenvalue weighted by Gasteiger charge is -2.47. The number of nitrogens with one attached hydrogen (secondary N) is 2. The molecule has 0 saturated carbocycles. The van der Waals surface area contributed by atoms with Crippen LogP contribution in [-0.2, 0) is 0 Å². The highest BCUT2D eigenvalue weighted by molar-refractivity contribution is 7.98. The van der Waals surface area contributed by atoms with Crippen molar-refractivity contribution in [2.45, 2.75) is 69.6 Å². The average Bonchev–Trinajstić information content (AvgIpc) is 2.37. The van der Waals surface area contributed by atoms with E-state index in [9.17, 15) is 4.79 Å². The lowest BCUT2D eigenvalue weighted by molar-refractivity contribution is 0.0508. The number of urea groups is 1. The number of thioether (sulfide) groups is 1. The minimum atomic E-state index is 0.0197. The Kier molecular flexibility index (Phi) is 6.02. The maximum atomic E-state index is 12.0. The van der Waals surface area contributed by atoms with E-state index < -0.39 is 0 Å². The van der Waals surface area contributed by atoms with Crippen molar-refractivity contribution in [1.29, 1.82) is 0 Å². The zero-order chi connectivity index (χ0) is 14.5. The fraction of sp³-hybridized carbons (Fsp3) is 0.933. The fourth-order valence-corrected chi connectivity index (χ4v) is 4.14. The van der Waals surface area contributed by atoms with Crippen molar-refractivity contribution in [2.75, 3.05) is 19.1 Å². The Morgan fingerprint density at radius 1 is 1.35 bits per heavy atom. The first-order chi connectivity index (χ1) is 9.60. The van der Waals surface area contributed by atoms with E-state index in [1.165, 1.54) is 19.3 Å². The number of rotatable bonds is 5. The van der Waals surface area contributed by atoms with Crippen LogP contribution in [0.25, 0.3) is 0 Å². The molecule has 0 aromatic carbocycles. The predicted octanol–water partition coefficient (Wildman–Crippen LogP) is 2.44. The van der Waals surface area contributed by atoms with Crippen LogP contribution in [0.2, 0.25) is 0 Å². The molecule has 0 radical (unpaired) electrons. The lowest BCUT2D eigenvalue weighted by atomic mass is 9.82. The minimum absolute atomic E-state index is 0.0197. The van der Waals surface area contributed by atoms with Gasteiger partial charge in [-0.05, 0) is 58.1 Å². The number of piperidine rings is 2. The average molecular weight is 299 g/mol. The molecule has 2 heterocycles. The molecule has 2 amide bonds. The van der Waals surface area contributed by atoms with Gasteiger partial charge in [-0.25, -0.2) is 4.79 Å². The maximum absolute atomic E-state index is 12.0. The predicted molar refractivity (Wildman–Crippen MR) is 86.3 cm³/mol. The summed E-state index contributed by atoms with van der Waals surface area (Å²) in [5.41, 5.74) is 0. The van der Waals surface area contributed by atoms with E-state index in [1.807, 2.05) is 11.8 Å². The van der Waals surface area contributed by atoms with Crippen molar-refractivity contribution >= 4 is 17.8 Å². The highest BCUT2D eigenvalue weighted by Crippen LogP contribution is 2.32. The molecule has 2 saturated heterocycles. The highest BCUT2D eigenvalue weighted by atomic mass is 32.2. The molecular weight excluding hydrogens is 270 g/mol. The molecule has 2 aliphatic heterocycles. The number of carbonyl (C=O) groups is 1. The second kappa shape index (κ2) is 7.55. The van der Waals surface area contributed by atoms with Crippen LogP contribution in [0.4, 0.5) is 4.79 Å². The zero-order valence-corrected chi connectivity index (χ0v) is 13.8. The summed E-state index contributed by atoms with van der Waals surface area (Å²) in [5.74, 6) is 1.10. The van der Waals surface area contributed by atoms with Crippen molar-refractivity contribution in [1.82, 2.24) is 15.5 Å². The number of hydrogen-bond acceptors (Lipinski definition) is 3. The summed E-state index contributed by atoms with van der Waals surface area (Å²) in [6, 6.07) is 1.97. The quantitative estimate of drug-likeness (QED) is 0.819. The Morgan fingerprint density at radius 3 is 2.60 bits per heavy atom. The zero-order valence-electron chi connectivity index (χ0n) is 13.0. The second-order valence-corrected chi connectivity index (χ2v) is 7.36. The lowest BCUT2D eigenvalue weighted by Crippen LogP contribution is -2.56. The van der Waals surface area contributed by atoms with Gasteiger partial charge in [-0.1, -0.05) is 6.42 Å². The van der Waals surface area contributed by atoms with Crippen molar-refractivity contribution in [3.63, 3.8) is 0 Å². The van der Waals surface area contributed by atoms with Gasteiger partial charge in [-0.3, -0.25) is 0 Å². The van der Waals surface area contributed by atoms with E-state index in [0.717, 1.165) is 25.0 Å². The number of carbonyl (C=O) groups excluding carboxylic acids is 1. The van der Waals surface area contributed by atoms with Crippen LogP contribution in [-0.4, -0.2) is 54.2 Å². The van der Waals surface area contributed by atoms with Crippen LogP contribution in [0.15, 0.2) is 0 Å². The summed E-state index contributed by atoms with van der Waals surface area (Å²) >= 11 is 1.83. The third-order valence-corrected chi connectivity index (χ3v) is 5.45. The molecule has 0 aromatic heterocycles. The molecule has 3 atom stereocenters. The SMILES string of the molecule is CSCCC(C)NC(=O)NC1CC2CCCC(C1)N2C. The Balaban J connectivity index is 1.74. The smallest absolute Gasteiger partial charge is 0.315 e. The molecule has 2 bridgehead atoms. The third kappa shape index (κ3) is 4.29. The molecule has 2 fully saturated rings. The van der Waals surface area contributed by atoms with E-state index in [-0.39, 0.29) is 12.1 Å². The van der Waals surface area contributed by atoms with E-state index in [0.29, 0.717) is 18.1 Å². The van der Waals surface area contributed by atoms with E-state index >= 15 is 0 Å². The largest absolute Gasteiger partial charge is 0.336 e. The molecule has 2 aliphatic rings. The first-order valence-corrected chi connectivity index (χ1v) is 9.27. The Hall–Kier alpha value is -0.420. The van der Waals surface area contributed by atoms with Crippen molar-refractivity contribution in [2.24, 2.45) is 0 Å². The van der Waals surface area contributed by atoms with Crippen LogP contribution >= 0.6 is 11.8 Å². The van der Waals surface area contributed by atoms with Gasteiger partial charge in [-0.15, -0.1) is 0 Å². The summed E-state index contributed by atoms with van der Waals surface area (Å²) < 4.78 is 0. The summed E-state index contributed by atoms with van der Waals surface area (Å²) in [5, 5.41) is 6.25. The van der Waals surface area contributed by atoms with Gasteiger partial charge in [0.05, 0.1) is 0 Å². The summed E-state index contributed by atoms with van der Waals surface area (Å²) in [6.07, 6.45) is 9.29. The Bertz CT molecular complexity index is 312. The molecule has 2 N–H and O–H groups in total. The molecule has 0 aliphatic carbocycles. The summed E-state index contributed by atoms with van der Waals surface area (Å²) in [7, 11) is 2.25. The van der Waals surface area contributed by atoms with Crippen molar-refractivity contribution in [3.05, 3.63) is 0 Å². The van der Waals surface area contributed by atoms with Crippen LogP contribution in [0.3, 0.4) is 0 Å². The molecule has 20 heavy (non-hydrogen) atoms. The molecule has 3 unspecified atom stereocenters. The minimum Gasteiger partial charge on any atom is -0.336 e. The van der Waals surface area contributed by atoms with Gasteiger partial charge in [0.2, 0.25) is 0 Å². The normalized spacial score (nSPS) is 31.6. The van der Waals surface area contributed by atoms with E-state index in [4.69, 9.17) is 0 Å². The first-order valence-electron chi connectivity index (χ1n) is 7.88. The monoisotopic (exact) mass is 299 g/mol. The molecule has 2 rings (SSSR count). The highest BCUT2D eigenvalue weighted by Gasteiger charge is 2.36. The topological polar surface area (TPSA) is 44.4 Å². The number of hydrogen-bond donors (Lipinski definition) is 2. The summed E-state index contributed by atoms with van der Waals surface area (Å²) in [6.45, 7) is 2.08. The van der Waals surface area contributed by atoms with E-state index in [2.05, 4.69) is 35.8 Å². The molecule has 0 aromatic rings. The van der Waals surface area contributed by atoms with Gasteiger partial charge in [0.15, 0.2) is 0 Å². The molecule has 5 heteroatoms. The second-order valence-electron chi connectivity index (χ2n) is 6.37. The van der Waals surface area contributed by atoms with Crippen molar-refractivity contribution < 1.29 is 4.79 Å². The van der Waals surface area contributed by atoms with Gasteiger partial charge in [0.1, 0.15) is 0 Å². The van der Waals surface area contributed by atoms with Gasteiger partial charge in [-0.2, -0.15) is 11.8 Å². The standard InChI is InChI=1S/C15H29N3OS/c1-11(7-8-20-3)16-15(19)17-12-9-13-5-4-6-14(10-12)18(13)2/h11-14H,4-10H2,1-3H3,(H2,16,17,19). The Labute approximate surface area is 127 Å². The van der Waals surface area contributed by atoms with Crippen LogP contribution in [0.5, 0.6) is 0 Å². The molecule has 0 spiro atoms. The molecule has 116 valence electrons. The number of nitrogens with zero attached hydrogens (tertiary/aromatic N) is 1. The number of fused-ring (bicyclic) bond motifs is 2. The first kappa shape index (κ1) is 16.0. The van der Waals surface area contributed by atoms with Gasteiger partial charge < -0.3 is 15.5 Å². The van der Waals surface area contributed by atoms with Gasteiger partial charge in [0.25, 0.3) is 0 Å². The van der Waals surface area contributed by atoms with Gasteiger partial charge >= 0.3 is 6.03 Å².